The van der Waals surface area contributed by atoms with Crippen LogP contribution in [0.5, 0.6) is 0 Å². The van der Waals surface area contributed by atoms with Crippen LogP contribution in [0.1, 0.15) is 37.2 Å². The number of nitrogens with zero attached hydrogens (tertiary/aromatic N) is 1. The number of aliphatic carboxylic acids is 1. The molecule has 2 heterocycles. The Kier molecular flexibility index (Phi) is 4.59. The summed E-state index contributed by atoms with van der Waals surface area (Å²) in [5, 5.41) is 14.2. The third-order valence-electron chi connectivity index (χ3n) is 5.91. The zero-order valence-corrected chi connectivity index (χ0v) is 14.8. The molecule has 3 N–H and O–H groups in total. The predicted octanol–water partition coefficient (Wildman–Crippen LogP) is 1.31. The van der Waals surface area contributed by atoms with E-state index in [0.29, 0.717) is 36.6 Å². The number of benzene rings is 1. The molecule has 2 saturated heterocycles. The van der Waals surface area contributed by atoms with E-state index < -0.39 is 12.0 Å². The summed E-state index contributed by atoms with van der Waals surface area (Å²) in [6.45, 7) is 1.49. The molecule has 144 valence electrons. The first-order valence-electron chi connectivity index (χ1n) is 9.27. The van der Waals surface area contributed by atoms with Gasteiger partial charge in [0.05, 0.1) is 5.92 Å². The molecule has 1 atom stereocenters. The number of carbonyl (C=O) groups excluding carboxylic acids is 2. The summed E-state index contributed by atoms with van der Waals surface area (Å²) in [5.74, 6) is -1.83. The minimum atomic E-state index is -0.728. The predicted molar refractivity (Wildman–Crippen MR) is 94.7 cm³/mol. The molecule has 2 amide bonds. The Hall–Kier alpha value is -2.48. The van der Waals surface area contributed by atoms with Gasteiger partial charge in [-0.15, -0.1) is 0 Å². The zero-order chi connectivity index (χ0) is 19.1. The van der Waals surface area contributed by atoms with Crippen LogP contribution in [0.3, 0.4) is 0 Å². The maximum Gasteiger partial charge on any atom is 0.306 e. The molecular weight excluding hydrogens is 353 g/mol. The van der Waals surface area contributed by atoms with Gasteiger partial charge >= 0.3 is 5.97 Å². The summed E-state index contributed by atoms with van der Waals surface area (Å²) in [6.07, 6.45) is 2.02. The standard InChI is InChI=1S/C19H22FN3O4/c20-15-7-12(21-16-3-4-17(24)22-18(16)25)1-2-14(15)11-8-23(9-11)13-5-10(6-13)19(26)27/h1-2,7,10-11,13,16,21H,3-6,8-9H2,(H,26,27)(H,22,24,25)/t10-,13-,16?. The Morgan fingerprint density at radius 3 is 2.63 bits per heavy atom. The molecule has 1 aliphatic carbocycles. The summed E-state index contributed by atoms with van der Waals surface area (Å²) >= 11 is 0. The number of piperidine rings is 1. The number of nitrogens with one attached hydrogen (secondary N) is 2. The number of carbonyl (C=O) groups is 3. The van der Waals surface area contributed by atoms with E-state index >= 15 is 0 Å². The van der Waals surface area contributed by atoms with Crippen molar-refractivity contribution in [3.8, 4) is 0 Å². The van der Waals surface area contributed by atoms with Gasteiger partial charge in [0.25, 0.3) is 0 Å². The summed E-state index contributed by atoms with van der Waals surface area (Å²) in [7, 11) is 0. The van der Waals surface area contributed by atoms with Gasteiger partial charge in [-0.05, 0) is 37.0 Å². The minimum Gasteiger partial charge on any atom is -0.481 e. The topological polar surface area (TPSA) is 98.7 Å². The number of likely N-dealkylation sites (tertiary alicyclic amines) is 1. The van der Waals surface area contributed by atoms with Crippen LogP contribution in [-0.2, 0) is 14.4 Å². The molecule has 3 aliphatic rings. The lowest BCUT2D eigenvalue weighted by atomic mass is 9.76. The summed E-state index contributed by atoms with van der Waals surface area (Å²) < 4.78 is 14.5. The molecule has 1 aromatic rings. The van der Waals surface area contributed by atoms with Crippen LogP contribution in [0.15, 0.2) is 18.2 Å². The minimum absolute atomic E-state index is 0.110. The van der Waals surface area contributed by atoms with Crippen molar-refractivity contribution in [2.45, 2.75) is 43.7 Å². The van der Waals surface area contributed by atoms with Crippen molar-refractivity contribution < 1.29 is 23.9 Å². The van der Waals surface area contributed by atoms with Gasteiger partial charge in [0.2, 0.25) is 11.8 Å². The van der Waals surface area contributed by atoms with Crippen LogP contribution in [0, 0.1) is 11.7 Å². The lowest BCUT2D eigenvalue weighted by Gasteiger charge is -2.50. The second kappa shape index (κ2) is 6.92. The molecule has 0 radical (unpaired) electrons. The van der Waals surface area contributed by atoms with Gasteiger partial charge < -0.3 is 10.4 Å². The molecule has 0 aromatic heterocycles. The van der Waals surface area contributed by atoms with E-state index in [2.05, 4.69) is 15.5 Å². The number of hydrogen-bond donors (Lipinski definition) is 3. The van der Waals surface area contributed by atoms with Crippen molar-refractivity contribution in [2.24, 2.45) is 5.92 Å². The van der Waals surface area contributed by atoms with Gasteiger partial charge in [0, 0.05) is 37.2 Å². The van der Waals surface area contributed by atoms with Crippen molar-refractivity contribution in [2.75, 3.05) is 18.4 Å². The lowest BCUT2D eigenvalue weighted by Crippen LogP contribution is -2.56. The van der Waals surface area contributed by atoms with Crippen LogP contribution >= 0.6 is 0 Å². The van der Waals surface area contributed by atoms with E-state index in [-0.39, 0.29) is 35.9 Å². The maximum atomic E-state index is 14.5. The van der Waals surface area contributed by atoms with Gasteiger partial charge in [-0.1, -0.05) is 6.07 Å². The van der Waals surface area contributed by atoms with Gasteiger partial charge in [-0.3, -0.25) is 24.6 Å². The lowest BCUT2D eigenvalue weighted by molar-refractivity contribution is -0.148. The highest BCUT2D eigenvalue weighted by Crippen LogP contribution is 2.39. The molecule has 8 heteroatoms. The molecule has 1 aromatic carbocycles. The molecule has 3 fully saturated rings. The third kappa shape index (κ3) is 3.53. The van der Waals surface area contributed by atoms with Crippen molar-refractivity contribution in [1.29, 1.82) is 0 Å². The quantitative estimate of drug-likeness (QED) is 0.671. The molecule has 0 spiro atoms. The van der Waals surface area contributed by atoms with E-state index in [4.69, 9.17) is 5.11 Å². The average Bonchev–Trinajstić information content (AvgIpc) is 2.51. The van der Waals surface area contributed by atoms with E-state index in [1.165, 1.54) is 6.07 Å². The zero-order valence-electron chi connectivity index (χ0n) is 14.8. The van der Waals surface area contributed by atoms with E-state index in [1.807, 2.05) is 0 Å². The fourth-order valence-corrected chi connectivity index (χ4v) is 4.08. The molecule has 4 rings (SSSR count). The second-order valence-electron chi connectivity index (χ2n) is 7.70. The Bertz CT molecular complexity index is 787. The number of halogens is 1. The number of hydrogen-bond acceptors (Lipinski definition) is 5. The van der Waals surface area contributed by atoms with Crippen LogP contribution in [0.2, 0.25) is 0 Å². The van der Waals surface area contributed by atoms with Gasteiger partial charge in [0.15, 0.2) is 0 Å². The highest BCUT2D eigenvalue weighted by atomic mass is 19.1. The molecule has 0 bridgehead atoms. The average molecular weight is 375 g/mol. The number of imide groups is 1. The molecule has 7 nitrogen and oxygen atoms in total. The smallest absolute Gasteiger partial charge is 0.306 e. The van der Waals surface area contributed by atoms with Crippen molar-refractivity contribution >= 4 is 23.5 Å². The Labute approximate surface area is 155 Å². The molecular formula is C19H22FN3O4. The first-order chi connectivity index (χ1) is 12.9. The molecule has 1 saturated carbocycles. The van der Waals surface area contributed by atoms with E-state index in [0.717, 1.165) is 13.1 Å². The normalized spacial score (nSPS) is 28.9. The van der Waals surface area contributed by atoms with Crippen molar-refractivity contribution in [3.05, 3.63) is 29.6 Å². The van der Waals surface area contributed by atoms with Crippen LogP contribution in [0.4, 0.5) is 10.1 Å². The van der Waals surface area contributed by atoms with Crippen molar-refractivity contribution in [3.63, 3.8) is 0 Å². The SMILES string of the molecule is O=C1CCC(Nc2ccc(C3CN([C@H]4C[C@H](C(=O)O)C4)C3)c(F)c2)C(=O)N1. The van der Waals surface area contributed by atoms with Crippen LogP contribution in [0.25, 0.3) is 0 Å². The van der Waals surface area contributed by atoms with E-state index in [9.17, 15) is 18.8 Å². The fraction of sp³-hybridized carbons (Fsp3) is 0.526. The Balaban J connectivity index is 1.31. The first-order valence-corrected chi connectivity index (χ1v) is 9.27. The summed E-state index contributed by atoms with van der Waals surface area (Å²) in [4.78, 5) is 36.1. The van der Waals surface area contributed by atoms with Crippen LogP contribution in [-0.4, -0.2) is 53.0 Å². The monoisotopic (exact) mass is 375 g/mol. The summed E-state index contributed by atoms with van der Waals surface area (Å²) in [5.41, 5.74) is 1.17. The van der Waals surface area contributed by atoms with Crippen LogP contribution < -0.4 is 10.6 Å². The molecule has 2 aliphatic heterocycles. The largest absolute Gasteiger partial charge is 0.481 e. The molecule has 1 unspecified atom stereocenters. The number of amides is 2. The molecule has 27 heavy (non-hydrogen) atoms. The number of carboxylic acid groups (broad SMARTS) is 1. The highest BCUT2D eigenvalue weighted by molar-refractivity contribution is 6.01. The number of rotatable bonds is 5. The second-order valence-corrected chi connectivity index (χ2v) is 7.70. The number of anilines is 1. The third-order valence-corrected chi connectivity index (χ3v) is 5.91. The Morgan fingerprint density at radius 2 is 2.00 bits per heavy atom. The number of carboxylic acids is 1. The summed E-state index contributed by atoms with van der Waals surface area (Å²) in [6, 6.07) is 4.67. The maximum absolute atomic E-state index is 14.5. The highest BCUT2D eigenvalue weighted by Gasteiger charge is 2.43. The van der Waals surface area contributed by atoms with Crippen molar-refractivity contribution in [1.82, 2.24) is 10.2 Å². The first kappa shape index (κ1) is 17.9. The van der Waals surface area contributed by atoms with Gasteiger partial charge in [0.1, 0.15) is 11.9 Å². The van der Waals surface area contributed by atoms with Gasteiger partial charge in [-0.2, -0.15) is 0 Å². The van der Waals surface area contributed by atoms with E-state index in [1.54, 1.807) is 12.1 Å². The fourth-order valence-electron chi connectivity index (χ4n) is 4.08. The Morgan fingerprint density at radius 1 is 1.26 bits per heavy atom. The van der Waals surface area contributed by atoms with Gasteiger partial charge in [-0.25, -0.2) is 4.39 Å².